The Morgan fingerprint density at radius 2 is 2.04 bits per heavy atom. The van der Waals surface area contributed by atoms with Crippen molar-refractivity contribution in [2.75, 3.05) is 13.1 Å². The van der Waals surface area contributed by atoms with Gasteiger partial charge >= 0.3 is 0 Å². The van der Waals surface area contributed by atoms with E-state index >= 15 is 0 Å². The van der Waals surface area contributed by atoms with Gasteiger partial charge in [0.15, 0.2) is 0 Å². The van der Waals surface area contributed by atoms with Crippen LogP contribution >= 0.6 is 0 Å². The van der Waals surface area contributed by atoms with Crippen molar-refractivity contribution in [1.29, 1.82) is 0 Å². The van der Waals surface area contributed by atoms with Gasteiger partial charge in [0.05, 0.1) is 11.9 Å². The number of aryl methyl sites for hydroxylation is 1. The van der Waals surface area contributed by atoms with Gasteiger partial charge in [0.1, 0.15) is 5.75 Å². The summed E-state index contributed by atoms with van der Waals surface area (Å²) in [7, 11) is 0. The number of ether oxygens (including phenoxy) is 1. The summed E-state index contributed by atoms with van der Waals surface area (Å²) in [6.45, 7) is 3.63. The van der Waals surface area contributed by atoms with Crippen molar-refractivity contribution in [1.82, 2.24) is 14.9 Å². The molecule has 1 aliphatic heterocycles. The number of carbonyl (C=O) groups excluding carboxylic acids is 1. The van der Waals surface area contributed by atoms with Crippen molar-refractivity contribution >= 4 is 5.91 Å². The fourth-order valence-electron chi connectivity index (χ4n) is 3.40. The van der Waals surface area contributed by atoms with Crippen LogP contribution in [0, 0.1) is 12.8 Å². The summed E-state index contributed by atoms with van der Waals surface area (Å²) in [5.41, 5.74) is 1.98. The van der Waals surface area contributed by atoms with Crippen molar-refractivity contribution in [3.63, 3.8) is 0 Å². The van der Waals surface area contributed by atoms with Crippen molar-refractivity contribution in [3.8, 4) is 11.6 Å². The SMILES string of the molecule is Cc1ccccc1Oc1cncc([C@H]2CCCN(C(=O)C3CC3)C2)n1. The highest BCUT2D eigenvalue weighted by atomic mass is 16.5. The predicted octanol–water partition coefficient (Wildman–Crippen LogP) is 3.69. The highest BCUT2D eigenvalue weighted by Crippen LogP contribution is 2.34. The van der Waals surface area contributed by atoms with Crippen molar-refractivity contribution in [3.05, 3.63) is 47.9 Å². The average molecular weight is 337 g/mol. The Kier molecular flexibility index (Phi) is 4.38. The first-order chi connectivity index (χ1) is 12.2. The van der Waals surface area contributed by atoms with Crippen LogP contribution in [0.25, 0.3) is 0 Å². The number of hydrogen-bond acceptors (Lipinski definition) is 4. The molecule has 1 amide bonds. The van der Waals surface area contributed by atoms with Crippen LogP contribution < -0.4 is 4.74 Å². The Hall–Kier alpha value is -2.43. The first-order valence-electron chi connectivity index (χ1n) is 9.05. The lowest BCUT2D eigenvalue weighted by atomic mass is 9.94. The molecule has 1 atom stereocenters. The number of carbonyl (C=O) groups is 1. The maximum atomic E-state index is 12.3. The number of aromatic nitrogens is 2. The second-order valence-electron chi connectivity index (χ2n) is 7.05. The molecule has 25 heavy (non-hydrogen) atoms. The van der Waals surface area contributed by atoms with Crippen LogP contribution in [-0.2, 0) is 4.79 Å². The largest absolute Gasteiger partial charge is 0.437 e. The zero-order valence-electron chi connectivity index (χ0n) is 14.5. The van der Waals surface area contributed by atoms with E-state index in [0.717, 1.165) is 55.8 Å². The third kappa shape index (κ3) is 3.65. The summed E-state index contributed by atoms with van der Waals surface area (Å²) in [5.74, 6) is 2.15. The number of hydrogen-bond donors (Lipinski definition) is 0. The maximum Gasteiger partial charge on any atom is 0.238 e. The summed E-state index contributed by atoms with van der Waals surface area (Å²) in [6, 6.07) is 7.87. The molecule has 1 aliphatic carbocycles. The lowest BCUT2D eigenvalue weighted by Gasteiger charge is -2.32. The number of para-hydroxylation sites is 1. The second kappa shape index (κ2) is 6.82. The van der Waals surface area contributed by atoms with E-state index in [-0.39, 0.29) is 11.8 Å². The van der Waals surface area contributed by atoms with Gasteiger partial charge in [-0.2, -0.15) is 0 Å². The standard InChI is InChI=1S/C20H23N3O2/c1-14-5-2-3-7-18(14)25-19-12-21-11-17(22-19)16-6-4-10-23(13-16)20(24)15-8-9-15/h2-3,5,7,11-12,15-16H,4,6,8-10,13H2,1H3/t16-/m0/s1. The van der Waals surface area contributed by atoms with Crippen LogP contribution in [0.5, 0.6) is 11.6 Å². The van der Waals surface area contributed by atoms with E-state index in [9.17, 15) is 4.79 Å². The molecule has 2 heterocycles. The lowest BCUT2D eigenvalue weighted by molar-refractivity contribution is -0.133. The number of rotatable bonds is 4. The molecule has 0 N–H and O–H groups in total. The van der Waals surface area contributed by atoms with Gasteiger partial charge < -0.3 is 9.64 Å². The van der Waals surface area contributed by atoms with Gasteiger partial charge in [-0.25, -0.2) is 4.98 Å². The highest BCUT2D eigenvalue weighted by molar-refractivity contribution is 5.81. The molecule has 2 aliphatic rings. The Morgan fingerprint density at radius 1 is 1.20 bits per heavy atom. The predicted molar refractivity (Wildman–Crippen MR) is 94.6 cm³/mol. The first-order valence-corrected chi connectivity index (χ1v) is 9.05. The van der Waals surface area contributed by atoms with Crippen molar-refractivity contribution in [2.45, 2.75) is 38.5 Å². The van der Waals surface area contributed by atoms with E-state index < -0.39 is 0 Å². The van der Waals surface area contributed by atoms with E-state index in [1.807, 2.05) is 36.1 Å². The van der Waals surface area contributed by atoms with Gasteiger partial charge in [-0.15, -0.1) is 0 Å². The summed E-state index contributed by atoms with van der Waals surface area (Å²) in [6.07, 6.45) is 7.62. The molecule has 0 bridgehead atoms. The van der Waals surface area contributed by atoms with E-state index in [0.29, 0.717) is 11.8 Å². The number of piperidine rings is 1. The quantitative estimate of drug-likeness (QED) is 0.854. The number of nitrogens with zero attached hydrogens (tertiary/aromatic N) is 3. The third-order valence-corrected chi connectivity index (χ3v) is 5.02. The lowest BCUT2D eigenvalue weighted by Crippen LogP contribution is -2.40. The molecule has 0 radical (unpaired) electrons. The van der Waals surface area contributed by atoms with Crippen molar-refractivity contribution in [2.24, 2.45) is 5.92 Å². The average Bonchev–Trinajstić information content (AvgIpc) is 3.49. The number of likely N-dealkylation sites (tertiary alicyclic amines) is 1. The molecule has 1 saturated carbocycles. The molecule has 0 unspecified atom stereocenters. The fourth-order valence-corrected chi connectivity index (χ4v) is 3.40. The third-order valence-electron chi connectivity index (χ3n) is 5.02. The van der Waals surface area contributed by atoms with Crippen LogP contribution in [0.4, 0.5) is 0 Å². The molecule has 4 rings (SSSR count). The zero-order valence-corrected chi connectivity index (χ0v) is 14.5. The number of amides is 1. The van der Waals surface area contributed by atoms with Crippen LogP contribution in [0.2, 0.25) is 0 Å². The minimum Gasteiger partial charge on any atom is -0.437 e. The van der Waals surface area contributed by atoms with Gasteiger partial charge in [-0.05, 0) is 44.2 Å². The Morgan fingerprint density at radius 3 is 2.84 bits per heavy atom. The van der Waals surface area contributed by atoms with Gasteiger partial charge in [0, 0.05) is 31.1 Å². The molecule has 1 aromatic heterocycles. The molecule has 1 aromatic carbocycles. The molecule has 5 nitrogen and oxygen atoms in total. The molecular weight excluding hydrogens is 314 g/mol. The summed E-state index contributed by atoms with van der Waals surface area (Å²) < 4.78 is 5.91. The topological polar surface area (TPSA) is 55.3 Å². The molecular formula is C20H23N3O2. The summed E-state index contributed by atoms with van der Waals surface area (Å²) in [4.78, 5) is 23.3. The van der Waals surface area contributed by atoms with E-state index in [4.69, 9.17) is 4.74 Å². The zero-order chi connectivity index (χ0) is 17.2. The van der Waals surface area contributed by atoms with Crippen LogP contribution in [0.15, 0.2) is 36.7 Å². The minimum atomic E-state index is 0.240. The molecule has 5 heteroatoms. The Balaban J connectivity index is 1.49. The fraction of sp³-hybridized carbons (Fsp3) is 0.450. The highest BCUT2D eigenvalue weighted by Gasteiger charge is 2.35. The minimum absolute atomic E-state index is 0.240. The summed E-state index contributed by atoms with van der Waals surface area (Å²) >= 11 is 0. The summed E-state index contributed by atoms with van der Waals surface area (Å²) in [5, 5.41) is 0. The van der Waals surface area contributed by atoms with Crippen molar-refractivity contribution < 1.29 is 9.53 Å². The van der Waals surface area contributed by atoms with E-state index in [2.05, 4.69) is 9.97 Å². The van der Waals surface area contributed by atoms with Gasteiger partial charge in [0.25, 0.3) is 0 Å². The maximum absolute atomic E-state index is 12.3. The normalized spacial score (nSPS) is 20.4. The van der Waals surface area contributed by atoms with Gasteiger partial charge in [-0.3, -0.25) is 9.78 Å². The van der Waals surface area contributed by atoms with E-state index in [1.54, 1.807) is 12.4 Å². The first kappa shape index (κ1) is 16.1. The van der Waals surface area contributed by atoms with Crippen LogP contribution in [-0.4, -0.2) is 33.9 Å². The smallest absolute Gasteiger partial charge is 0.238 e. The number of benzene rings is 1. The Labute approximate surface area is 148 Å². The van der Waals surface area contributed by atoms with Crippen LogP contribution in [0.3, 0.4) is 0 Å². The molecule has 2 aromatic rings. The second-order valence-corrected chi connectivity index (χ2v) is 7.05. The molecule has 1 saturated heterocycles. The molecule has 2 fully saturated rings. The van der Waals surface area contributed by atoms with Gasteiger partial charge in [-0.1, -0.05) is 18.2 Å². The molecule has 130 valence electrons. The molecule has 0 spiro atoms. The monoisotopic (exact) mass is 337 g/mol. The van der Waals surface area contributed by atoms with Crippen LogP contribution in [0.1, 0.15) is 42.9 Å². The van der Waals surface area contributed by atoms with Gasteiger partial charge in [0.2, 0.25) is 11.8 Å². The Bertz CT molecular complexity index is 773. The van der Waals surface area contributed by atoms with E-state index in [1.165, 1.54) is 0 Å².